The minimum Gasteiger partial charge on any atom is -0.316 e. The third-order valence-electron chi connectivity index (χ3n) is 4.30. The summed E-state index contributed by atoms with van der Waals surface area (Å²) in [6.07, 6.45) is 14.3. The number of unbranched alkanes of at least 4 members (excludes halogenated alkanes) is 1. The van der Waals surface area contributed by atoms with Crippen LogP contribution in [-0.2, 0) is 0 Å². The molecule has 1 fully saturated rings. The van der Waals surface area contributed by atoms with Crippen LogP contribution < -0.4 is 11.1 Å². The molecule has 0 aromatic heterocycles. The lowest BCUT2D eigenvalue weighted by molar-refractivity contribution is 0.217. The molecule has 4 nitrogen and oxygen atoms in total. The molecule has 0 spiro atoms. The summed E-state index contributed by atoms with van der Waals surface area (Å²) in [5.41, 5.74) is 7.08. The standard InChI is InChI=1S/C19H36N4/c1-4-6-13-22-18-11-7-8-12-19(18)23(15-5-2)16-10-9-14-21-17(3)20/h4,6,13,17,19,21H,1,5,7-12,14-16,20H2,2-3H3/b13-6-,22-18?. The van der Waals surface area contributed by atoms with Crippen LogP contribution in [0.15, 0.2) is 29.9 Å². The Morgan fingerprint density at radius 3 is 2.91 bits per heavy atom. The summed E-state index contributed by atoms with van der Waals surface area (Å²) < 4.78 is 0. The topological polar surface area (TPSA) is 53.6 Å². The van der Waals surface area contributed by atoms with Crippen molar-refractivity contribution in [2.45, 2.75) is 71.0 Å². The average Bonchev–Trinajstić information content (AvgIpc) is 2.54. The van der Waals surface area contributed by atoms with Gasteiger partial charge >= 0.3 is 0 Å². The summed E-state index contributed by atoms with van der Waals surface area (Å²) in [6.45, 7) is 11.3. The molecule has 1 aliphatic carbocycles. The van der Waals surface area contributed by atoms with E-state index >= 15 is 0 Å². The highest BCUT2D eigenvalue weighted by Gasteiger charge is 2.25. The minimum atomic E-state index is 0.0930. The molecule has 23 heavy (non-hydrogen) atoms. The number of allylic oxidation sites excluding steroid dienone is 2. The zero-order valence-corrected chi connectivity index (χ0v) is 15.1. The van der Waals surface area contributed by atoms with E-state index in [0.717, 1.165) is 26.1 Å². The van der Waals surface area contributed by atoms with Crippen LogP contribution >= 0.6 is 0 Å². The number of hydrogen-bond donors (Lipinski definition) is 2. The Morgan fingerprint density at radius 1 is 1.39 bits per heavy atom. The summed E-state index contributed by atoms with van der Waals surface area (Å²) in [5, 5.41) is 3.29. The molecule has 1 aliphatic rings. The van der Waals surface area contributed by atoms with E-state index in [0.29, 0.717) is 6.04 Å². The fourth-order valence-corrected chi connectivity index (χ4v) is 3.20. The summed E-state index contributed by atoms with van der Waals surface area (Å²) in [5.74, 6) is 0. The molecule has 0 bridgehead atoms. The Labute approximate surface area is 142 Å². The Balaban J connectivity index is 2.55. The Hall–Kier alpha value is -0.970. The fourth-order valence-electron chi connectivity index (χ4n) is 3.20. The molecule has 0 radical (unpaired) electrons. The second-order valence-electron chi connectivity index (χ2n) is 6.45. The van der Waals surface area contributed by atoms with Crippen molar-refractivity contribution in [2.24, 2.45) is 10.7 Å². The lowest BCUT2D eigenvalue weighted by Gasteiger charge is -2.35. The highest BCUT2D eigenvalue weighted by Crippen LogP contribution is 2.22. The van der Waals surface area contributed by atoms with Gasteiger partial charge in [-0.05, 0) is 71.2 Å². The lowest BCUT2D eigenvalue weighted by atomic mass is 9.91. The van der Waals surface area contributed by atoms with E-state index in [9.17, 15) is 0 Å². The summed E-state index contributed by atoms with van der Waals surface area (Å²) in [6, 6.07) is 0.527. The van der Waals surface area contributed by atoms with E-state index in [2.05, 4.69) is 23.7 Å². The van der Waals surface area contributed by atoms with Gasteiger partial charge in [-0.2, -0.15) is 0 Å². The maximum atomic E-state index is 5.72. The molecule has 4 heteroatoms. The maximum absolute atomic E-state index is 5.72. The molecule has 3 N–H and O–H groups in total. The zero-order chi connectivity index (χ0) is 16.9. The first-order valence-electron chi connectivity index (χ1n) is 9.26. The van der Waals surface area contributed by atoms with E-state index in [1.54, 1.807) is 6.08 Å². The van der Waals surface area contributed by atoms with Crippen molar-refractivity contribution in [1.82, 2.24) is 10.2 Å². The van der Waals surface area contributed by atoms with Gasteiger partial charge in [0, 0.05) is 18.0 Å². The predicted octanol–water partition coefficient (Wildman–Crippen LogP) is 3.46. The lowest BCUT2D eigenvalue weighted by Crippen LogP contribution is -2.44. The molecule has 0 amide bonds. The largest absolute Gasteiger partial charge is 0.316 e. The molecule has 0 aromatic rings. The van der Waals surface area contributed by atoms with Crippen molar-refractivity contribution in [3.8, 4) is 0 Å². The monoisotopic (exact) mass is 320 g/mol. The molecule has 1 rings (SSSR count). The highest BCUT2D eigenvalue weighted by molar-refractivity contribution is 5.90. The molecular weight excluding hydrogens is 284 g/mol. The van der Waals surface area contributed by atoms with Crippen molar-refractivity contribution in [2.75, 3.05) is 19.6 Å². The van der Waals surface area contributed by atoms with Gasteiger partial charge < -0.3 is 11.1 Å². The Bertz CT molecular complexity index is 374. The van der Waals surface area contributed by atoms with Gasteiger partial charge in [0.25, 0.3) is 0 Å². The zero-order valence-electron chi connectivity index (χ0n) is 15.1. The number of nitrogens with zero attached hydrogens (tertiary/aromatic N) is 2. The first-order chi connectivity index (χ1) is 11.2. The second kappa shape index (κ2) is 12.5. The smallest absolute Gasteiger partial charge is 0.0517 e. The number of nitrogens with one attached hydrogen (secondary N) is 1. The molecule has 0 aliphatic heterocycles. The van der Waals surface area contributed by atoms with Gasteiger partial charge in [-0.15, -0.1) is 0 Å². The van der Waals surface area contributed by atoms with Crippen molar-refractivity contribution in [1.29, 1.82) is 0 Å². The van der Waals surface area contributed by atoms with Crippen molar-refractivity contribution in [3.05, 3.63) is 24.9 Å². The fraction of sp³-hybridized carbons (Fsp3) is 0.737. The van der Waals surface area contributed by atoms with Crippen LogP contribution in [0.3, 0.4) is 0 Å². The van der Waals surface area contributed by atoms with Crippen LogP contribution in [0, 0.1) is 0 Å². The quantitative estimate of drug-likeness (QED) is 0.348. The average molecular weight is 321 g/mol. The molecule has 132 valence electrons. The van der Waals surface area contributed by atoms with Gasteiger partial charge in [0.15, 0.2) is 0 Å². The van der Waals surface area contributed by atoms with Gasteiger partial charge in [0.05, 0.1) is 6.17 Å². The second-order valence-corrected chi connectivity index (χ2v) is 6.45. The Kier molecular flexibility index (Phi) is 10.9. The van der Waals surface area contributed by atoms with Crippen molar-refractivity contribution >= 4 is 5.71 Å². The summed E-state index contributed by atoms with van der Waals surface area (Å²) in [7, 11) is 0. The predicted molar refractivity (Wildman–Crippen MR) is 102 cm³/mol. The Morgan fingerprint density at radius 2 is 2.22 bits per heavy atom. The van der Waals surface area contributed by atoms with Crippen molar-refractivity contribution in [3.63, 3.8) is 0 Å². The SMILES string of the molecule is C=C/C=C\N=C1CCCCC1N(CCC)CCCCNC(C)N. The molecule has 2 unspecified atom stereocenters. The van der Waals surface area contributed by atoms with E-state index in [-0.39, 0.29) is 6.17 Å². The maximum Gasteiger partial charge on any atom is 0.0517 e. The molecule has 1 saturated carbocycles. The van der Waals surface area contributed by atoms with E-state index in [1.807, 2.05) is 19.2 Å². The number of nitrogens with two attached hydrogens (primary N) is 1. The number of rotatable bonds is 11. The van der Waals surface area contributed by atoms with Crippen LogP contribution in [0.5, 0.6) is 0 Å². The minimum absolute atomic E-state index is 0.0930. The molecule has 2 atom stereocenters. The molecular formula is C19H36N4. The van der Waals surface area contributed by atoms with Crippen molar-refractivity contribution < 1.29 is 0 Å². The van der Waals surface area contributed by atoms with E-state index in [1.165, 1.54) is 44.2 Å². The summed E-state index contributed by atoms with van der Waals surface area (Å²) >= 11 is 0. The molecule has 0 heterocycles. The third-order valence-corrected chi connectivity index (χ3v) is 4.30. The van der Waals surface area contributed by atoms with Crippen LogP contribution in [0.25, 0.3) is 0 Å². The van der Waals surface area contributed by atoms with Crippen LogP contribution in [0.4, 0.5) is 0 Å². The summed E-state index contributed by atoms with van der Waals surface area (Å²) in [4.78, 5) is 7.36. The van der Waals surface area contributed by atoms with Crippen LogP contribution in [0.2, 0.25) is 0 Å². The van der Waals surface area contributed by atoms with E-state index < -0.39 is 0 Å². The first kappa shape index (κ1) is 20.1. The van der Waals surface area contributed by atoms with Gasteiger partial charge in [-0.3, -0.25) is 9.89 Å². The van der Waals surface area contributed by atoms with Gasteiger partial charge in [0.2, 0.25) is 0 Å². The van der Waals surface area contributed by atoms with E-state index in [4.69, 9.17) is 10.7 Å². The van der Waals surface area contributed by atoms with Crippen LogP contribution in [-0.4, -0.2) is 42.5 Å². The number of aliphatic imine (C=N–C) groups is 1. The normalized spacial score (nSPS) is 22.1. The first-order valence-corrected chi connectivity index (χ1v) is 9.26. The third kappa shape index (κ3) is 8.45. The number of hydrogen-bond acceptors (Lipinski definition) is 4. The van der Waals surface area contributed by atoms with Gasteiger partial charge in [-0.1, -0.05) is 26.0 Å². The van der Waals surface area contributed by atoms with Gasteiger partial charge in [0.1, 0.15) is 0 Å². The van der Waals surface area contributed by atoms with Crippen LogP contribution in [0.1, 0.15) is 58.8 Å². The molecule has 0 aromatic carbocycles. The molecule has 0 saturated heterocycles. The van der Waals surface area contributed by atoms with Gasteiger partial charge in [-0.25, -0.2) is 0 Å². The highest BCUT2D eigenvalue weighted by atomic mass is 15.2.